The SMILES string of the molecule is Cc1ccc(C(=O)N2CCC(NCC3CC3)CC2)c(F)c1. The predicted octanol–water partition coefficient (Wildman–Crippen LogP) is 2.74. The number of nitrogens with one attached hydrogen (secondary N) is 1. The maximum Gasteiger partial charge on any atom is 0.256 e. The molecule has 0 radical (unpaired) electrons. The van der Waals surface area contributed by atoms with E-state index in [0.29, 0.717) is 19.1 Å². The number of benzene rings is 1. The van der Waals surface area contributed by atoms with E-state index in [4.69, 9.17) is 0 Å². The van der Waals surface area contributed by atoms with Crippen molar-refractivity contribution in [2.24, 2.45) is 5.92 Å². The highest BCUT2D eigenvalue weighted by atomic mass is 19.1. The molecule has 1 aliphatic carbocycles. The third-order valence-corrected chi connectivity index (χ3v) is 4.53. The summed E-state index contributed by atoms with van der Waals surface area (Å²) in [6, 6.07) is 5.33. The van der Waals surface area contributed by atoms with Crippen molar-refractivity contribution in [3.63, 3.8) is 0 Å². The van der Waals surface area contributed by atoms with Crippen molar-refractivity contribution < 1.29 is 9.18 Å². The summed E-state index contributed by atoms with van der Waals surface area (Å²) in [4.78, 5) is 14.2. The lowest BCUT2D eigenvalue weighted by atomic mass is 10.0. The summed E-state index contributed by atoms with van der Waals surface area (Å²) < 4.78 is 13.9. The molecule has 114 valence electrons. The number of hydrogen-bond acceptors (Lipinski definition) is 2. The van der Waals surface area contributed by atoms with Crippen LogP contribution >= 0.6 is 0 Å². The highest BCUT2D eigenvalue weighted by molar-refractivity contribution is 5.94. The minimum absolute atomic E-state index is 0.173. The van der Waals surface area contributed by atoms with Crippen LogP contribution in [0.2, 0.25) is 0 Å². The molecule has 3 rings (SSSR count). The van der Waals surface area contributed by atoms with Crippen LogP contribution in [0.25, 0.3) is 0 Å². The summed E-state index contributed by atoms with van der Waals surface area (Å²) in [5, 5.41) is 3.59. The van der Waals surface area contributed by atoms with Crippen molar-refractivity contribution in [2.45, 2.75) is 38.6 Å². The van der Waals surface area contributed by atoms with Crippen LogP contribution in [0, 0.1) is 18.7 Å². The van der Waals surface area contributed by atoms with E-state index in [9.17, 15) is 9.18 Å². The second-order valence-corrected chi connectivity index (χ2v) is 6.40. The first-order valence-corrected chi connectivity index (χ1v) is 7.92. The molecule has 2 fully saturated rings. The Hall–Kier alpha value is -1.42. The molecule has 1 amide bonds. The maximum atomic E-state index is 13.9. The zero-order chi connectivity index (χ0) is 14.8. The van der Waals surface area contributed by atoms with Crippen molar-refractivity contribution in [2.75, 3.05) is 19.6 Å². The molecule has 1 saturated heterocycles. The average molecular weight is 290 g/mol. The summed E-state index contributed by atoms with van der Waals surface area (Å²) in [7, 11) is 0. The van der Waals surface area contributed by atoms with Gasteiger partial charge in [0.15, 0.2) is 0 Å². The standard InChI is InChI=1S/C17H23FN2O/c1-12-2-5-15(16(18)10-12)17(21)20-8-6-14(7-9-20)19-11-13-3-4-13/h2,5,10,13-14,19H,3-4,6-9,11H2,1H3. The summed E-state index contributed by atoms with van der Waals surface area (Å²) in [6.45, 7) is 4.38. The van der Waals surface area contributed by atoms with Gasteiger partial charge < -0.3 is 10.2 Å². The van der Waals surface area contributed by atoms with Gasteiger partial charge in [0.25, 0.3) is 5.91 Å². The van der Waals surface area contributed by atoms with Gasteiger partial charge >= 0.3 is 0 Å². The Labute approximate surface area is 125 Å². The quantitative estimate of drug-likeness (QED) is 0.925. The molecule has 3 nitrogen and oxygen atoms in total. The molecule has 1 aromatic carbocycles. The number of piperidine rings is 1. The van der Waals surface area contributed by atoms with Gasteiger partial charge in [-0.05, 0) is 62.8 Å². The third-order valence-electron chi connectivity index (χ3n) is 4.53. The second kappa shape index (κ2) is 6.14. The van der Waals surface area contributed by atoms with Gasteiger partial charge in [-0.3, -0.25) is 4.79 Å². The minimum atomic E-state index is -0.408. The fourth-order valence-electron chi connectivity index (χ4n) is 2.91. The van der Waals surface area contributed by atoms with Crippen LogP contribution < -0.4 is 5.32 Å². The lowest BCUT2D eigenvalue weighted by Crippen LogP contribution is -2.45. The van der Waals surface area contributed by atoms with Gasteiger partial charge in [0.05, 0.1) is 5.56 Å². The van der Waals surface area contributed by atoms with Crippen molar-refractivity contribution in [1.29, 1.82) is 0 Å². The van der Waals surface area contributed by atoms with Crippen LogP contribution in [0.5, 0.6) is 0 Å². The highest BCUT2D eigenvalue weighted by Crippen LogP contribution is 2.28. The molecular weight excluding hydrogens is 267 g/mol. The van der Waals surface area contributed by atoms with Crippen LogP contribution in [0.4, 0.5) is 4.39 Å². The molecule has 4 heteroatoms. The second-order valence-electron chi connectivity index (χ2n) is 6.40. The Morgan fingerprint density at radius 3 is 2.62 bits per heavy atom. The number of amides is 1. The largest absolute Gasteiger partial charge is 0.338 e. The number of carbonyl (C=O) groups is 1. The zero-order valence-electron chi connectivity index (χ0n) is 12.6. The van der Waals surface area contributed by atoms with Crippen molar-refractivity contribution in [3.8, 4) is 0 Å². The minimum Gasteiger partial charge on any atom is -0.338 e. The molecule has 0 unspecified atom stereocenters. The van der Waals surface area contributed by atoms with E-state index in [1.54, 1.807) is 17.0 Å². The number of carbonyl (C=O) groups excluding carboxylic acids is 1. The molecular formula is C17H23FN2O. The number of rotatable bonds is 4. The van der Waals surface area contributed by atoms with E-state index in [2.05, 4.69) is 5.32 Å². The van der Waals surface area contributed by atoms with E-state index in [-0.39, 0.29) is 11.5 Å². The van der Waals surface area contributed by atoms with Gasteiger partial charge in [-0.15, -0.1) is 0 Å². The van der Waals surface area contributed by atoms with Crippen molar-refractivity contribution in [1.82, 2.24) is 10.2 Å². The van der Waals surface area contributed by atoms with Crippen molar-refractivity contribution >= 4 is 5.91 Å². The van der Waals surface area contributed by atoms with Crippen LogP contribution in [0.15, 0.2) is 18.2 Å². The van der Waals surface area contributed by atoms with Gasteiger partial charge in [0.2, 0.25) is 0 Å². The summed E-state index contributed by atoms with van der Waals surface area (Å²) >= 11 is 0. The van der Waals surface area contributed by atoms with E-state index in [1.165, 1.54) is 18.9 Å². The van der Waals surface area contributed by atoms with Crippen LogP contribution in [0.1, 0.15) is 41.6 Å². The molecule has 0 bridgehead atoms. The molecule has 0 atom stereocenters. The van der Waals surface area contributed by atoms with E-state index < -0.39 is 5.82 Å². The normalized spacial score (nSPS) is 19.8. The molecule has 1 N–H and O–H groups in total. The third kappa shape index (κ3) is 3.62. The summed E-state index contributed by atoms with van der Waals surface area (Å²) in [5.41, 5.74) is 1.04. The van der Waals surface area contributed by atoms with E-state index in [1.807, 2.05) is 6.92 Å². The lowest BCUT2D eigenvalue weighted by Gasteiger charge is -2.32. The molecule has 2 aliphatic rings. The summed E-state index contributed by atoms with van der Waals surface area (Å²) in [6.07, 6.45) is 4.64. The number of halogens is 1. The molecule has 1 aromatic rings. The first-order chi connectivity index (χ1) is 10.1. The number of hydrogen-bond donors (Lipinski definition) is 1. The van der Waals surface area contributed by atoms with Gasteiger partial charge in [-0.2, -0.15) is 0 Å². The Morgan fingerprint density at radius 1 is 1.29 bits per heavy atom. The number of likely N-dealkylation sites (tertiary alicyclic amines) is 1. The number of aryl methyl sites for hydroxylation is 1. The lowest BCUT2D eigenvalue weighted by molar-refractivity contribution is 0.0700. The fraction of sp³-hybridized carbons (Fsp3) is 0.588. The summed E-state index contributed by atoms with van der Waals surface area (Å²) in [5.74, 6) is 0.299. The van der Waals surface area contributed by atoms with Gasteiger partial charge in [0, 0.05) is 19.1 Å². The monoisotopic (exact) mass is 290 g/mol. The van der Waals surface area contributed by atoms with Crippen LogP contribution in [0.3, 0.4) is 0 Å². The Bertz CT molecular complexity index is 520. The Kier molecular flexibility index (Phi) is 4.24. The Balaban J connectivity index is 1.54. The molecule has 1 heterocycles. The first kappa shape index (κ1) is 14.5. The van der Waals surface area contributed by atoms with E-state index >= 15 is 0 Å². The smallest absolute Gasteiger partial charge is 0.256 e. The van der Waals surface area contributed by atoms with Gasteiger partial charge in [-0.1, -0.05) is 6.07 Å². The number of nitrogens with zero attached hydrogens (tertiary/aromatic N) is 1. The van der Waals surface area contributed by atoms with Gasteiger partial charge in [0.1, 0.15) is 5.82 Å². The van der Waals surface area contributed by atoms with Crippen LogP contribution in [-0.2, 0) is 0 Å². The maximum absolute atomic E-state index is 13.9. The average Bonchev–Trinajstić information content (AvgIpc) is 3.29. The molecule has 21 heavy (non-hydrogen) atoms. The predicted molar refractivity (Wildman–Crippen MR) is 80.8 cm³/mol. The molecule has 1 saturated carbocycles. The molecule has 0 aromatic heterocycles. The van der Waals surface area contributed by atoms with Crippen LogP contribution in [-0.4, -0.2) is 36.5 Å². The first-order valence-electron chi connectivity index (χ1n) is 7.92. The fourth-order valence-corrected chi connectivity index (χ4v) is 2.91. The molecule has 0 spiro atoms. The van der Waals surface area contributed by atoms with Gasteiger partial charge in [-0.25, -0.2) is 4.39 Å². The Morgan fingerprint density at radius 2 is 2.00 bits per heavy atom. The zero-order valence-corrected chi connectivity index (χ0v) is 12.6. The highest BCUT2D eigenvalue weighted by Gasteiger charge is 2.27. The van der Waals surface area contributed by atoms with E-state index in [0.717, 1.165) is 30.9 Å². The topological polar surface area (TPSA) is 32.3 Å². The van der Waals surface area contributed by atoms with Crippen molar-refractivity contribution in [3.05, 3.63) is 35.1 Å². The molecule has 1 aliphatic heterocycles.